The summed E-state index contributed by atoms with van der Waals surface area (Å²) in [6.45, 7) is 1.23. The normalized spacial score (nSPS) is 18.7. The molecule has 202 valence electrons. The summed E-state index contributed by atoms with van der Waals surface area (Å²) < 4.78 is 11.2. The van der Waals surface area contributed by atoms with E-state index in [2.05, 4.69) is 5.32 Å². The van der Waals surface area contributed by atoms with Crippen LogP contribution in [0.4, 0.5) is 34.1 Å². The number of carbonyl (C=O) groups excluding carboxylic acids is 1. The highest BCUT2D eigenvalue weighted by molar-refractivity contribution is 5.68. The topological polar surface area (TPSA) is 223 Å². The number of anilines is 2. The molecule has 2 aromatic carbocycles. The average molecular weight is 534 g/mol. The van der Waals surface area contributed by atoms with Gasteiger partial charge in [0.25, 0.3) is 22.7 Å². The van der Waals surface area contributed by atoms with Gasteiger partial charge in [0.1, 0.15) is 11.4 Å². The third kappa shape index (κ3) is 6.44. The zero-order valence-electron chi connectivity index (χ0n) is 20.0. The van der Waals surface area contributed by atoms with Crippen molar-refractivity contribution in [2.45, 2.75) is 38.2 Å². The second kappa shape index (κ2) is 11.4. The summed E-state index contributed by atoms with van der Waals surface area (Å²) in [5.41, 5.74) is -1.86. The van der Waals surface area contributed by atoms with E-state index in [1.807, 2.05) is 0 Å². The minimum atomic E-state index is -1.21. The first-order valence-corrected chi connectivity index (χ1v) is 11.0. The van der Waals surface area contributed by atoms with Crippen LogP contribution in [0.2, 0.25) is 0 Å². The lowest BCUT2D eigenvalue weighted by molar-refractivity contribution is -0.393. The zero-order valence-corrected chi connectivity index (χ0v) is 20.0. The SMILES string of the molecule is CC(=O)O[C@H]1O[C@H](CN(C)c2ccc([N+](=O)[O-])cc2[N+](=O)[O-])CC[C@H]1Nc1ccc([N+](=O)[O-])cc1[N+](=O)[O-]. The summed E-state index contributed by atoms with van der Waals surface area (Å²) in [7, 11) is 1.53. The van der Waals surface area contributed by atoms with Crippen molar-refractivity contribution in [2.75, 3.05) is 23.8 Å². The average Bonchev–Trinajstić information content (AvgIpc) is 2.84. The van der Waals surface area contributed by atoms with Crippen LogP contribution in [0.25, 0.3) is 0 Å². The Morgan fingerprint density at radius 3 is 2.08 bits per heavy atom. The van der Waals surface area contributed by atoms with Gasteiger partial charge in [0.2, 0.25) is 6.29 Å². The molecule has 0 aromatic heterocycles. The first kappa shape index (κ1) is 27.7. The predicted octanol–water partition coefficient (Wildman–Crippen LogP) is 3.30. The molecule has 0 aliphatic carbocycles. The van der Waals surface area contributed by atoms with Crippen molar-refractivity contribution in [3.05, 3.63) is 76.9 Å². The minimum Gasteiger partial charge on any atom is -0.434 e. The molecule has 0 amide bonds. The molecule has 1 aliphatic heterocycles. The number of nitro groups is 4. The molecular weight excluding hydrogens is 512 g/mol. The number of likely N-dealkylation sites (N-methyl/N-ethyl adjacent to an activating group) is 1. The molecule has 3 rings (SSSR count). The van der Waals surface area contributed by atoms with E-state index in [0.717, 1.165) is 31.2 Å². The van der Waals surface area contributed by atoms with E-state index < -0.39 is 66.8 Å². The van der Waals surface area contributed by atoms with Gasteiger partial charge in [-0.3, -0.25) is 45.3 Å². The Kier molecular flexibility index (Phi) is 8.31. The largest absolute Gasteiger partial charge is 0.434 e. The molecule has 1 fully saturated rings. The van der Waals surface area contributed by atoms with Crippen molar-refractivity contribution in [1.29, 1.82) is 0 Å². The molecule has 2 aromatic rings. The maximum absolute atomic E-state index is 11.7. The van der Waals surface area contributed by atoms with E-state index >= 15 is 0 Å². The van der Waals surface area contributed by atoms with Gasteiger partial charge in [-0.1, -0.05) is 0 Å². The maximum Gasteiger partial charge on any atom is 0.305 e. The van der Waals surface area contributed by atoms with E-state index in [-0.39, 0.29) is 24.3 Å². The van der Waals surface area contributed by atoms with Gasteiger partial charge in [-0.05, 0) is 25.0 Å². The van der Waals surface area contributed by atoms with Gasteiger partial charge in [0.05, 0.1) is 44.0 Å². The van der Waals surface area contributed by atoms with Gasteiger partial charge < -0.3 is 19.7 Å². The van der Waals surface area contributed by atoms with Crippen LogP contribution in [0.15, 0.2) is 36.4 Å². The number of hydrogen-bond donors (Lipinski definition) is 1. The molecule has 17 nitrogen and oxygen atoms in total. The van der Waals surface area contributed by atoms with Gasteiger partial charge in [-0.25, -0.2) is 0 Å². The fraction of sp³-hybridized carbons (Fsp3) is 0.381. The highest BCUT2D eigenvalue weighted by Crippen LogP contribution is 2.34. The third-order valence-corrected chi connectivity index (χ3v) is 5.72. The smallest absolute Gasteiger partial charge is 0.305 e. The maximum atomic E-state index is 11.7. The van der Waals surface area contributed by atoms with E-state index in [1.54, 1.807) is 0 Å². The van der Waals surface area contributed by atoms with Crippen LogP contribution in [0.3, 0.4) is 0 Å². The minimum absolute atomic E-state index is 0.0385. The number of nitrogens with one attached hydrogen (secondary N) is 1. The van der Waals surface area contributed by atoms with Crippen LogP contribution >= 0.6 is 0 Å². The molecule has 1 heterocycles. The highest BCUT2D eigenvalue weighted by atomic mass is 16.7. The molecule has 3 atom stereocenters. The summed E-state index contributed by atoms with van der Waals surface area (Å²) in [5.74, 6) is -0.694. The van der Waals surface area contributed by atoms with Gasteiger partial charge >= 0.3 is 5.97 Å². The van der Waals surface area contributed by atoms with Crippen molar-refractivity contribution in [2.24, 2.45) is 0 Å². The number of rotatable bonds is 10. The first-order chi connectivity index (χ1) is 17.9. The van der Waals surface area contributed by atoms with Crippen molar-refractivity contribution in [1.82, 2.24) is 0 Å². The number of ether oxygens (including phenoxy) is 2. The van der Waals surface area contributed by atoms with E-state index in [9.17, 15) is 45.3 Å². The van der Waals surface area contributed by atoms with E-state index in [1.165, 1.54) is 24.1 Å². The molecule has 0 spiro atoms. The molecular formula is C21H22N6O11. The fourth-order valence-corrected chi connectivity index (χ4v) is 4.01. The third-order valence-electron chi connectivity index (χ3n) is 5.72. The molecule has 17 heteroatoms. The Hall–Kier alpha value is -4.93. The van der Waals surface area contributed by atoms with Crippen molar-refractivity contribution < 1.29 is 34.0 Å². The molecule has 1 N–H and O–H groups in total. The molecule has 1 aliphatic rings. The van der Waals surface area contributed by atoms with Crippen LogP contribution in [-0.4, -0.2) is 57.7 Å². The van der Waals surface area contributed by atoms with E-state index in [0.29, 0.717) is 6.42 Å². The Balaban J connectivity index is 1.79. The van der Waals surface area contributed by atoms with Gasteiger partial charge in [-0.2, -0.15) is 0 Å². The lowest BCUT2D eigenvalue weighted by Crippen LogP contribution is -2.48. The molecule has 0 radical (unpaired) electrons. The number of nitro benzene ring substituents is 4. The summed E-state index contributed by atoms with van der Waals surface area (Å²) >= 11 is 0. The lowest BCUT2D eigenvalue weighted by atomic mass is 10.0. The van der Waals surface area contributed by atoms with Crippen LogP contribution in [0.1, 0.15) is 19.8 Å². The molecule has 0 unspecified atom stereocenters. The number of non-ortho nitro benzene ring substituents is 2. The first-order valence-electron chi connectivity index (χ1n) is 11.0. The predicted molar refractivity (Wildman–Crippen MR) is 130 cm³/mol. The van der Waals surface area contributed by atoms with Crippen LogP contribution in [-0.2, 0) is 14.3 Å². The zero-order chi connectivity index (χ0) is 28.1. The quantitative estimate of drug-likeness (QED) is 0.263. The Morgan fingerprint density at radius 1 is 0.947 bits per heavy atom. The molecule has 1 saturated heterocycles. The summed E-state index contributed by atoms with van der Waals surface area (Å²) in [6.07, 6.45) is -1.20. The second-order valence-electron chi connectivity index (χ2n) is 8.35. The van der Waals surface area contributed by atoms with Gasteiger partial charge in [0, 0.05) is 32.6 Å². The van der Waals surface area contributed by atoms with Gasteiger partial charge in [-0.15, -0.1) is 0 Å². The Labute approximate surface area is 213 Å². The number of esters is 1. The Bertz CT molecular complexity index is 1290. The molecule has 0 saturated carbocycles. The van der Waals surface area contributed by atoms with E-state index in [4.69, 9.17) is 9.47 Å². The number of carbonyl (C=O) groups is 1. The van der Waals surface area contributed by atoms with Crippen LogP contribution < -0.4 is 10.2 Å². The number of benzene rings is 2. The molecule has 0 bridgehead atoms. The number of hydrogen-bond acceptors (Lipinski definition) is 13. The lowest BCUT2D eigenvalue weighted by Gasteiger charge is -2.37. The molecule has 38 heavy (non-hydrogen) atoms. The summed E-state index contributed by atoms with van der Waals surface area (Å²) in [6, 6.07) is 5.56. The highest BCUT2D eigenvalue weighted by Gasteiger charge is 2.36. The van der Waals surface area contributed by atoms with Crippen molar-refractivity contribution >= 4 is 40.1 Å². The standard InChI is InChI=1S/C21H22N6O11/c1-12(28)37-21-17(22-16-6-3-13(24(29)30)9-19(16)26(33)34)7-5-15(38-21)11-23(2)18-8-4-14(25(31)32)10-20(18)27(35)36/h3-4,6,8-10,15,17,21-22H,5,7,11H2,1-2H3/t15-,17+,21-/m0/s1. The van der Waals surface area contributed by atoms with Gasteiger partial charge in [0.15, 0.2) is 0 Å². The van der Waals surface area contributed by atoms with Crippen molar-refractivity contribution in [3.63, 3.8) is 0 Å². The second-order valence-corrected chi connectivity index (χ2v) is 8.35. The Morgan fingerprint density at radius 2 is 1.53 bits per heavy atom. The summed E-state index contributed by atoms with van der Waals surface area (Å²) in [4.78, 5) is 55.1. The van der Waals surface area contributed by atoms with Crippen molar-refractivity contribution in [3.8, 4) is 0 Å². The summed E-state index contributed by atoms with van der Waals surface area (Å²) in [5, 5.41) is 47.8. The van der Waals surface area contributed by atoms with Crippen LogP contribution in [0, 0.1) is 40.5 Å². The monoisotopic (exact) mass is 534 g/mol. The fourth-order valence-electron chi connectivity index (χ4n) is 4.01. The van der Waals surface area contributed by atoms with Crippen LogP contribution in [0.5, 0.6) is 0 Å². The number of nitrogens with zero attached hydrogens (tertiary/aromatic N) is 5.